The molecule has 0 aliphatic carbocycles. The zero-order chi connectivity index (χ0) is 7.52. The van der Waals surface area contributed by atoms with E-state index in [2.05, 4.69) is 5.32 Å². The van der Waals surface area contributed by atoms with E-state index in [-0.39, 0.29) is 0 Å². The molecule has 2 saturated heterocycles. The standard InChI is InChI=1S/C8H15NO2/c1-3-9-5-7(1)11-8-2-4-10-6-8/h7-9H,1-6H2/t7-,8-/m1/s1. The third kappa shape index (κ3) is 1.92. The average molecular weight is 157 g/mol. The largest absolute Gasteiger partial charge is 0.379 e. The summed E-state index contributed by atoms with van der Waals surface area (Å²) >= 11 is 0. The highest BCUT2D eigenvalue weighted by Crippen LogP contribution is 2.13. The number of hydrogen-bond donors (Lipinski definition) is 1. The van der Waals surface area contributed by atoms with Gasteiger partial charge in [-0.05, 0) is 19.4 Å². The number of ether oxygens (including phenoxy) is 2. The van der Waals surface area contributed by atoms with Gasteiger partial charge in [0.15, 0.2) is 0 Å². The molecule has 2 atom stereocenters. The molecule has 2 aliphatic rings. The first-order valence-electron chi connectivity index (χ1n) is 4.39. The molecule has 0 spiro atoms. The highest BCUT2D eigenvalue weighted by molar-refractivity contribution is 4.74. The molecule has 0 amide bonds. The van der Waals surface area contributed by atoms with Crippen LogP contribution in [-0.2, 0) is 9.47 Å². The SMILES string of the molecule is C1C[C@@H](O[C@@H]2CCOC2)CN1. The van der Waals surface area contributed by atoms with Crippen molar-refractivity contribution >= 4 is 0 Å². The predicted octanol–water partition coefficient (Wildman–Crippen LogP) is 0.154. The molecule has 0 unspecified atom stereocenters. The van der Waals surface area contributed by atoms with Gasteiger partial charge in [-0.2, -0.15) is 0 Å². The smallest absolute Gasteiger partial charge is 0.0834 e. The molecule has 0 bridgehead atoms. The quantitative estimate of drug-likeness (QED) is 0.619. The van der Waals surface area contributed by atoms with Gasteiger partial charge in [0.2, 0.25) is 0 Å². The molecule has 0 aromatic heterocycles. The van der Waals surface area contributed by atoms with Crippen LogP contribution in [0.5, 0.6) is 0 Å². The Labute approximate surface area is 67.1 Å². The summed E-state index contributed by atoms with van der Waals surface area (Å²) in [4.78, 5) is 0. The fourth-order valence-electron chi connectivity index (χ4n) is 1.64. The summed E-state index contributed by atoms with van der Waals surface area (Å²) in [6, 6.07) is 0. The minimum absolute atomic E-state index is 0.375. The fourth-order valence-corrected chi connectivity index (χ4v) is 1.64. The summed E-state index contributed by atoms with van der Waals surface area (Å²) in [5, 5.41) is 3.28. The van der Waals surface area contributed by atoms with Gasteiger partial charge >= 0.3 is 0 Å². The van der Waals surface area contributed by atoms with E-state index in [4.69, 9.17) is 9.47 Å². The molecule has 11 heavy (non-hydrogen) atoms. The minimum atomic E-state index is 0.375. The molecule has 0 saturated carbocycles. The summed E-state index contributed by atoms with van der Waals surface area (Å²) in [6.45, 7) is 3.82. The molecule has 3 heteroatoms. The van der Waals surface area contributed by atoms with Gasteiger partial charge in [0.25, 0.3) is 0 Å². The van der Waals surface area contributed by atoms with Crippen LogP contribution in [0.25, 0.3) is 0 Å². The summed E-state index contributed by atoms with van der Waals surface area (Å²) in [5.41, 5.74) is 0. The predicted molar refractivity (Wildman–Crippen MR) is 41.6 cm³/mol. The molecule has 2 aliphatic heterocycles. The highest BCUT2D eigenvalue weighted by atomic mass is 16.6. The van der Waals surface area contributed by atoms with E-state index in [1.54, 1.807) is 0 Å². The Morgan fingerprint density at radius 2 is 2.27 bits per heavy atom. The van der Waals surface area contributed by atoms with Crippen molar-refractivity contribution in [2.24, 2.45) is 0 Å². The Morgan fingerprint density at radius 1 is 1.27 bits per heavy atom. The number of rotatable bonds is 2. The summed E-state index contributed by atoms with van der Waals surface area (Å²) < 4.78 is 11.0. The normalized spacial score (nSPS) is 38.2. The molecule has 0 aromatic carbocycles. The number of hydrogen-bond acceptors (Lipinski definition) is 3. The Morgan fingerprint density at radius 3 is 2.91 bits per heavy atom. The van der Waals surface area contributed by atoms with Crippen LogP contribution in [0, 0.1) is 0 Å². The monoisotopic (exact) mass is 157 g/mol. The van der Waals surface area contributed by atoms with Crippen molar-refractivity contribution in [3.05, 3.63) is 0 Å². The van der Waals surface area contributed by atoms with Crippen LogP contribution >= 0.6 is 0 Å². The lowest BCUT2D eigenvalue weighted by Crippen LogP contribution is -2.24. The van der Waals surface area contributed by atoms with Gasteiger partial charge in [0, 0.05) is 13.2 Å². The van der Waals surface area contributed by atoms with Crippen molar-refractivity contribution < 1.29 is 9.47 Å². The van der Waals surface area contributed by atoms with E-state index in [9.17, 15) is 0 Å². The van der Waals surface area contributed by atoms with Crippen LogP contribution in [0.15, 0.2) is 0 Å². The molecule has 3 nitrogen and oxygen atoms in total. The van der Waals surface area contributed by atoms with Crippen LogP contribution in [0.3, 0.4) is 0 Å². The zero-order valence-electron chi connectivity index (χ0n) is 6.71. The van der Waals surface area contributed by atoms with Gasteiger partial charge in [-0.25, -0.2) is 0 Å². The van der Waals surface area contributed by atoms with Gasteiger partial charge in [-0.15, -0.1) is 0 Å². The lowest BCUT2D eigenvalue weighted by atomic mass is 10.3. The molecule has 0 aromatic rings. The van der Waals surface area contributed by atoms with Gasteiger partial charge in [-0.1, -0.05) is 0 Å². The van der Waals surface area contributed by atoms with Crippen LogP contribution in [0.1, 0.15) is 12.8 Å². The van der Waals surface area contributed by atoms with Gasteiger partial charge in [0.1, 0.15) is 0 Å². The van der Waals surface area contributed by atoms with E-state index in [1.165, 1.54) is 0 Å². The molecular formula is C8H15NO2. The third-order valence-electron chi connectivity index (χ3n) is 2.29. The summed E-state index contributed by atoms with van der Waals surface area (Å²) in [7, 11) is 0. The first kappa shape index (κ1) is 7.53. The van der Waals surface area contributed by atoms with E-state index >= 15 is 0 Å². The van der Waals surface area contributed by atoms with Crippen LogP contribution < -0.4 is 5.32 Å². The maximum Gasteiger partial charge on any atom is 0.0834 e. The maximum atomic E-state index is 5.78. The lowest BCUT2D eigenvalue weighted by molar-refractivity contribution is -0.00530. The lowest BCUT2D eigenvalue weighted by Gasteiger charge is -2.14. The maximum absolute atomic E-state index is 5.78. The van der Waals surface area contributed by atoms with Gasteiger partial charge in [-0.3, -0.25) is 0 Å². The first-order valence-corrected chi connectivity index (χ1v) is 4.39. The van der Waals surface area contributed by atoms with Gasteiger partial charge < -0.3 is 14.8 Å². The Hall–Kier alpha value is -0.120. The Kier molecular flexibility index (Phi) is 2.41. The van der Waals surface area contributed by atoms with Crippen molar-refractivity contribution in [2.75, 3.05) is 26.3 Å². The second-order valence-electron chi connectivity index (χ2n) is 3.24. The zero-order valence-corrected chi connectivity index (χ0v) is 6.71. The van der Waals surface area contributed by atoms with Crippen molar-refractivity contribution in [1.29, 1.82) is 0 Å². The Bertz CT molecular complexity index is 103. The van der Waals surface area contributed by atoms with Crippen LogP contribution in [0.4, 0.5) is 0 Å². The highest BCUT2D eigenvalue weighted by Gasteiger charge is 2.22. The minimum Gasteiger partial charge on any atom is -0.379 e. The number of nitrogens with one attached hydrogen (secondary N) is 1. The van der Waals surface area contributed by atoms with Crippen LogP contribution in [-0.4, -0.2) is 38.5 Å². The van der Waals surface area contributed by atoms with E-state index in [1.807, 2.05) is 0 Å². The van der Waals surface area contributed by atoms with Crippen molar-refractivity contribution in [2.45, 2.75) is 25.0 Å². The second-order valence-corrected chi connectivity index (χ2v) is 3.24. The molecule has 2 rings (SSSR count). The molecule has 64 valence electrons. The molecular weight excluding hydrogens is 142 g/mol. The molecule has 1 N–H and O–H groups in total. The van der Waals surface area contributed by atoms with Crippen molar-refractivity contribution in [1.82, 2.24) is 5.32 Å². The topological polar surface area (TPSA) is 30.5 Å². The molecule has 2 fully saturated rings. The van der Waals surface area contributed by atoms with E-state index in [0.717, 1.165) is 39.1 Å². The fraction of sp³-hybridized carbons (Fsp3) is 1.00. The molecule has 0 radical (unpaired) electrons. The third-order valence-corrected chi connectivity index (χ3v) is 2.29. The Balaban J connectivity index is 1.71. The summed E-state index contributed by atoms with van der Waals surface area (Å²) in [5.74, 6) is 0. The van der Waals surface area contributed by atoms with Gasteiger partial charge in [0.05, 0.1) is 18.8 Å². The van der Waals surface area contributed by atoms with E-state index < -0.39 is 0 Å². The second kappa shape index (κ2) is 3.52. The van der Waals surface area contributed by atoms with Crippen molar-refractivity contribution in [3.63, 3.8) is 0 Å². The first-order chi connectivity index (χ1) is 5.45. The van der Waals surface area contributed by atoms with E-state index in [0.29, 0.717) is 12.2 Å². The van der Waals surface area contributed by atoms with Crippen molar-refractivity contribution in [3.8, 4) is 0 Å². The molecule has 2 heterocycles. The average Bonchev–Trinajstić information content (AvgIpc) is 2.60. The van der Waals surface area contributed by atoms with Crippen LogP contribution in [0.2, 0.25) is 0 Å². The summed E-state index contributed by atoms with van der Waals surface area (Å²) in [6.07, 6.45) is 3.06.